The van der Waals surface area contributed by atoms with Crippen LogP contribution in [-0.4, -0.2) is 9.46 Å². The van der Waals surface area contributed by atoms with Crippen LogP contribution in [0.25, 0.3) is 0 Å². The Morgan fingerprint density at radius 2 is 1.09 bits per heavy atom. The maximum Gasteiger partial charge on any atom is 0.129 e. The molecule has 5 heteroatoms. The molecule has 1 saturated heterocycles. The second kappa shape index (κ2) is 13.9. The molecule has 0 aromatic heterocycles. The highest BCUT2D eigenvalue weighted by Gasteiger charge is 2.51. The van der Waals surface area contributed by atoms with E-state index in [1.54, 1.807) is 0 Å². The Labute approximate surface area is 281 Å². The average molecular weight is 643 g/mol. The van der Waals surface area contributed by atoms with Gasteiger partial charge >= 0.3 is 0 Å². The van der Waals surface area contributed by atoms with Crippen molar-refractivity contribution < 1.29 is 9.05 Å². The van der Waals surface area contributed by atoms with E-state index in [4.69, 9.17) is 9.20 Å². The van der Waals surface area contributed by atoms with E-state index in [9.17, 15) is 0 Å². The minimum Gasteiger partial charge on any atom is -0.263 e. The van der Waals surface area contributed by atoms with Crippen LogP contribution in [0.5, 0.6) is 0 Å². The van der Waals surface area contributed by atoms with Crippen molar-refractivity contribution in [3.63, 3.8) is 0 Å². The third kappa shape index (κ3) is 6.52. The molecule has 0 amide bonds. The zero-order valence-corrected chi connectivity index (χ0v) is 29.1. The van der Waals surface area contributed by atoms with E-state index >= 15 is 4.21 Å². The van der Waals surface area contributed by atoms with E-state index in [-0.39, 0.29) is 17.9 Å². The average Bonchev–Trinajstić information content (AvgIpc) is 3.51. The molecule has 1 fully saturated rings. The Morgan fingerprint density at radius 3 is 1.57 bits per heavy atom. The largest absolute Gasteiger partial charge is 0.263 e. The fourth-order valence-electron chi connectivity index (χ4n) is 6.60. The van der Waals surface area contributed by atoms with E-state index in [0.717, 1.165) is 33.6 Å². The molecule has 5 aromatic carbocycles. The fourth-order valence-corrected chi connectivity index (χ4v) is 9.33. The van der Waals surface area contributed by atoms with Gasteiger partial charge in [0.15, 0.2) is 0 Å². The molecule has 1 heterocycles. The maximum absolute atomic E-state index is 16.6. The molecule has 0 aliphatic carbocycles. The van der Waals surface area contributed by atoms with Gasteiger partial charge in [-0.3, -0.25) is 4.84 Å². The number of para-hydroxylation sites is 1. The second-order valence-electron chi connectivity index (χ2n) is 13.4. The molecule has 1 aliphatic heterocycles. The van der Waals surface area contributed by atoms with E-state index in [2.05, 4.69) is 90.1 Å². The molecule has 0 radical (unpaired) electrons. The Balaban J connectivity index is 1.73. The van der Waals surface area contributed by atoms with Crippen LogP contribution in [0.2, 0.25) is 0 Å². The van der Waals surface area contributed by atoms with E-state index in [1.807, 2.05) is 90.0 Å². The van der Waals surface area contributed by atoms with E-state index in [0.29, 0.717) is 10.8 Å². The van der Waals surface area contributed by atoms with Gasteiger partial charge in [0.2, 0.25) is 0 Å². The predicted molar refractivity (Wildman–Crippen MR) is 196 cm³/mol. The van der Waals surface area contributed by atoms with Crippen molar-refractivity contribution in [3.8, 4) is 0 Å². The Bertz CT molecular complexity index is 1870. The third-order valence-corrected chi connectivity index (χ3v) is 11.8. The van der Waals surface area contributed by atoms with Crippen molar-refractivity contribution in [1.29, 1.82) is 0 Å². The Hall–Kier alpha value is -4.19. The quantitative estimate of drug-likeness (QED) is 0.161. The highest BCUT2D eigenvalue weighted by Crippen LogP contribution is 2.51. The van der Waals surface area contributed by atoms with Gasteiger partial charge in [-0.2, -0.15) is 4.36 Å². The minimum atomic E-state index is -3.22. The molecule has 47 heavy (non-hydrogen) atoms. The first kappa shape index (κ1) is 32.7. The van der Waals surface area contributed by atoms with Crippen molar-refractivity contribution in [2.75, 3.05) is 5.06 Å². The lowest BCUT2D eigenvalue weighted by atomic mass is 9.88. The Morgan fingerprint density at radius 1 is 0.617 bits per heavy atom. The molecule has 1 aliphatic rings. The number of hydrogen-bond acceptors (Lipinski definition) is 4. The molecule has 6 rings (SSSR count). The van der Waals surface area contributed by atoms with Crippen LogP contribution in [0.1, 0.15) is 99.3 Å². The van der Waals surface area contributed by atoms with Crippen molar-refractivity contribution in [3.05, 3.63) is 161 Å². The second-order valence-corrected chi connectivity index (χ2v) is 15.7. The van der Waals surface area contributed by atoms with Crippen LogP contribution in [0.3, 0.4) is 0 Å². The molecular weight excluding hydrogens is 597 g/mol. The molecule has 0 spiro atoms. The molecule has 4 nitrogen and oxygen atoms in total. The van der Waals surface area contributed by atoms with E-state index < -0.39 is 21.1 Å². The molecule has 4 atom stereocenters. The molecule has 0 N–H and O–H groups in total. The van der Waals surface area contributed by atoms with Gasteiger partial charge in [-0.15, -0.1) is 0 Å². The first-order valence-electron chi connectivity index (χ1n) is 16.8. The van der Waals surface area contributed by atoms with Gasteiger partial charge in [0.1, 0.15) is 17.4 Å². The topological polar surface area (TPSA) is 41.9 Å². The van der Waals surface area contributed by atoms with Crippen molar-refractivity contribution >= 4 is 21.1 Å². The number of nitrogens with zero attached hydrogens (tertiary/aromatic N) is 2. The standard InChI is InChI=1S/C42H46N2O2S/c1-29(2)34-27-37(30(3)4)39(38(28-34)31(5)6)43-47(45,36-25-17-10-18-26-36)42-40(32-19-11-7-12-20-32)44(35-23-15-9-16-24-35)46-41(42)33-21-13-8-14-22-33/h7-31,40-42H,1-6H3/t40-,41+,42-,47?/m1/s1. The van der Waals surface area contributed by atoms with Gasteiger partial charge < -0.3 is 0 Å². The number of hydrogen-bond donors (Lipinski definition) is 0. The first-order chi connectivity index (χ1) is 22.7. The molecule has 1 unspecified atom stereocenters. The molecular formula is C42H46N2O2S. The van der Waals surface area contributed by atoms with Crippen LogP contribution in [0.4, 0.5) is 11.4 Å². The molecule has 242 valence electrons. The highest BCUT2D eigenvalue weighted by atomic mass is 32.2. The summed E-state index contributed by atoms with van der Waals surface area (Å²) in [5, 5.41) is 1.42. The summed E-state index contributed by atoms with van der Waals surface area (Å²) in [6.45, 7) is 13.3. The summed E-state index contributed by atoms with van der Waals surface area (Å²) in [6, 6.07) is 44.8. The van der Waals surface area contributed by atoms with Crippen LogP contribution >= 0.6 is 0 Å². The summed E-state index contributed by atoms with van der Waals surface area (Å²) in [4.78, 5) is 7.73. The minimum absolute atomic E-state index is 0.194. The molecule has 0 saturated carbocycles. The number of rotatable bonds is 9. The molecule has 0 bridgehead atoms. The lowest BCUT2D eigenvalue weighted by Gasteiger charge is -2.30. The summed E-state index contributed by atoms with van der Waals surface area (Å²) in [7, 11) is -3.22. The number of benzene rings is 5. The summed E-state index contributed by atoms with van der Waals surface area (Å²) < 4.78 is 22.2. The lowest BCUT2D eigenvalue weighted by molar-refractivity contribution is 0.0846. The summed E-state index contributed by atoms with van der Waals surface area (Å²) in [5.74, 6) is 0.754. The van der Waals surface area contributed by atoms with Crippen molar-refractivity contribution in [2.24, 2.45) is 4.36 Å². The van der Waals surface area contributed by atoms with Gasteiger partial charge in [0.05, 0.1) is 21.1 Å². The number of hydroxylamine groups is 1. The van der Waals surface area contributed by atoms with Crippen LogP contribution in [-0.2, 0) is 14.6 Å². The summed E-state index contributed by atoms with van der Waals surface area (Å²) in [5.41, 5.74) is 7.31. The number of anilines is 1. The normalized spacial score (nSPS) is 19.3. The maximum atomic E-state index is 16.6. The first-order valence-corrected chi connectivity index (χ1v) is 18.4. The monoisotopic (exact) mass is 642 g/mol. The van der Waals surface area contributed by atoms with Crippen LogP contribution in [0.15, 0.2) is 143 Å². The van der Waals surface area contributed by atoms with Gasteiger partial charge in [-0.1, -0.05) is 151 Å². The van der Waals surface area contributed by atoms with Gasteiger partial charge in [-0.05, 0) is 69.8 Å². The predicted octanol–water partition coefficient (Wildman–Crippen LogP) is 11.5. The fraction of sp³-hybridized carbons (Fsp3) is 0.286. The van der Waals surface area contributed by atoms with Crippen molar-refractivity contribution in [1.82, 2.24) is 0 Å². The Kier molecular flexibility index (Phi) is 9.67. The SMILES string of the molecule is CC(C)c1cc(C(C)C)c(N=S(=O)(c2ccccc2)[C@@H]2[C@@H](c3ccccc3)N(c3ccccc3)O[C@H]2c2ccccc2)c(C(C)C)c1. The van der Waals surface area contributed by atoms with Gasteiger partial charge in [-0.25, -0.2) is 9.27 Å². The zero-order chi connectivity index (χ0) is 33.1. The van der Waals surface area contributed by atoms with Crippen molar-refractivity contribution in [2.45, 2.75) is 81.6 Å². The highest BCUT2D eigenvalue weighted by molar-refractivity contribution is 7.94. The smallest absolute Gasteiger partial charge is 0.129 e. The zero-order valence-electron chi connectivity index (χ0n) is 28.3. The summed E-state index contributed by atoms with van der Waals surface area (Å²) in [6.07, 6.45) is -0.530. The third-order valence-electron chi connectivity index (χ3n) is 9.15. The van der Waals surface area contributed by atoms with Gasteiger partial charge in [0, 0.05) is 4.90 Å². The van der Waals surface area contributed by atoms with Crippen LogP contribution < -0.4 is 5.06 Å². The lowest BCUT2D eigenvalue weighted by Crippen LogP contribution is -2.33. The molecule has 5 aromatic rings. The van der Waals surface area contributed by atoms with Crippen LogP contribution in [0, 0.1) is 0 Å². The van der Waals surface area contributed by atoms with E-state index in [1.165, 1.54) is 5.56 Å². The van der Waals surface area contributed by atoms with Gasteiger partial charge in [0.25, 0.3) is 0 Å². The summed E-state index contributed by atoms with van der Waals surface area (Å²) >= 11 is 0.